The molecule has 0 aromatic heterocycles. The van der Waals surface area contributed by atoms with E-state index >= 15 is 0 Å². The van der Waals surface area contributed by atoms with Gasteiger partial charge in [0.25, 0.3) is 0 Å². The van der Waals surface area contributed by atoms with Crippen LogP contribution < -0.4 is 5.73 Å². The topological polar surface area (TPSA) is 63.3 Å². The van der Waals surface area contributed by atoms with E-state index in [1.165, 1.54) is 0 Å². The Morgan fingerprint density at radius 1 is 1.50 bits per heavy atom. The fourth-order valence-corrected chi connectivity index (χ4v) is 2.45. The van der Waals surface area contributed by atoms with Crippen molar-refractivity contribution in [3.63, 3.8) is 0 Å². The molecule has 1 aromatic rings. The van der Waals surface area contributed by atoms with Crippen molar-refractivity contribution in [2.24, 2.45) is 0 Å². The van der Waals surface area contributed by atoms with Gasteiger partial charge >= 0.3 is 5.97 Å². The highest BCUT2D eigenvalue weighted by Gasteiger charge is 2.40. The van der Waals surface area contributed by atoms with Crippen molar-refractivity contribution in [1.29, 1.82) is 0 Å². The average molecular weight is 240 g/mol. The first-order valence-electron chi connectivity index (χ1n) is 5.31. The standard InChI is InChI=1S/C12H14ClNO2/c13-9-3-2-8(6-10(9)14)12(4-1-5-12)7-11(15)16/h2-3,6H,1,4-5,7,14H2,(H,15,16). The molecule has 0 radical (unpaired) electrons. The molecule has 3 nitrogen and oxygen atoms in total. The summed E-state index contributed by atoms with van der Waals surface area (Å²) < 4.78 is 0. The highest BCUT2D eigenvalue weighted by atomic mass is 35.5. The van der Waals surface area contributed by atoms with E-state index in [0.29, 0.717) is 10.7 Å². The smallest absolute Gasteiger partial charge is 0.304 e. The second kappa shape index (κ2) is 3.98. The van der Waals surface area contributed by atoms with E-state index in [1.807, 2.05) is 12.1 Å². The third-order valence-electron chi connectivity index (χ3n) is 3.41. The first-order chi connectivity index (χ1) is 7.53. The van der Waals surface area contributed by atoms with Crippen molar-refractivity contribution in [3.05, 3.63) is 28.8 Å². The average Bonchev–Trinajstić information content (AvgIpc) is 2.16. The fraction of sp³-hybridized carbons (Fsp3) is 0.417. The van der Waals surface area contributed by atoms with E-state index in [0.717, 1.165) is 24.8 Å². The summed E-state index contributed by atoms with van der Waals surface area (Å²) in [6.07, 6.45) is 3.09. The molecule has 1 aliphatic rings. The molecule has 0 amide bonds. The van der Waals surface area contributed by atoms with Crippen LogP contribution in [-0.2, 0) is 10.2 Å². The molecule has 0 bridgehead atoms. The van der Waals surface area contributed by atoms with Crippen molar-refractivity contribution in [2.45, 2.75) is 31.1 Å². The van der Waals surface area contributed by atoms with Crippen LogP contribution in [0.5, 0.6) is 0 Å². The van der Waals surface area contributed by atoms with Gasteiger partial charge in [-0.15, -0.1) is 0 Å². The maximum Gasteiger partial charge on any atom is 0.304 e. The van der Waals surface area contributed by atoms with Crippen molar-refractivity contribution in [1.82, 2.24) is 0 Å². The zero-order chi connectivity index (χ0) is 11.8. The Bertz CT molecular complexity index is 427. The quantitative estimate of drug-likeness (QED) is 0.798. The highest BCUT2D eigenvalue weighted by molar-refractivity contribution is 6.33. The van der Waals surface area contributed by atoms with Crippen LogP contribution in [0.1, 0.15) is 31.2 Å². The minimum atomic E-state index is -0.756. The molecule has 1 fully saturated rings. The monoisotopic (exact) mass is 239 g/mol. The van der Waals surface area contributed by atoms with Crippen LogP contribution in [0.2, 0.25) is 5.02 Å². The lowest BCUT2D eigenvalue weighted by molar-refractivity contribution is -0.139. The zero-order valence-electron chi connectivity index (χ0n) is 8.87. The van der Waals surface area contributed by atoms with Crippen LogP contribution in [0, 0.1) is 0 Å². The number of hydrogen-bond acceptors (Lipinski definition) is 2. The van der Waals surface area contributed by atoms with E-state index in [4.69, 9.17) is 22.4 Å². The van der Waals surface area contributed by atoms with E-state index in [9.17, 15) is 4.79 Å². The Balaban J connectivity index is 2.33. The van der Waals surface area contributed by atoms with Gasteiger partial charge in [-0.05, 0) is 30.5 Å². The largest absolute Gasteiger partial charge is 0.481 e. The fourth-order valence-electron chi connectivity index (χ4n) is 2.33. The summed E-state index contributed by atoms with van der Waals surface area (Å²) in [5.74, 6) is -0.756. The molecule has 0 unspecified atom stereocenters. The first-order valence-corrected chi connectivity index (χ1v) is 5.69. The van der Waals surface area contributed by atoms with E-state index in [-0.39, 0.29) is 11.8 Å². The van der Waals surface area contributed by atoms with Gasteiger partial charge in [0.05, 0.1) is 17.1 Å². The van der Waals surface area contributed by atoms with E-state index in [2.05, 4.69) is 0 Å². The van der Waals surface area contributed by atoms with Crippen molar-refractivity contribution >= 4 is 23.3 Å². The molecule has 1 aliphatic carbocycles. The summed E-state index contributed by atoms with van der Waals surface area (Å²) in [7, 11) is 0. The molecule has 86 valence electrons. The van der Waals surface area contributed by atoms with Crippen LogP contribution in [0.25, 0.3) is 0 Å². The third-order valence-corrected chi connectivity index (χ3v) is 3.75. The number of carboxylic acids is 1. The van der Waals surface area contributed by atoms with Crippen LogP contribution >= 0.6 is 11.6 Å². The SMILES string of the molecule is Nc1cc(C2(CC(=O)O)CCC2)ccc1Cl. The van der Waals surface area contributed by atoms with Gasteiger partial charge in [-0.3, -0.25) is 4.79 Å². The van der Waals surface area contributed by atoms with Crippen molar-refractivity contribution in [2.75, 3.05) is 5.73 Å². The van der Waals surface area contributed by atoms with Gasteiger partial charge in [-0.1, -0.05) is 24.1 Å². The lowest BCUT2D eigenvalue weighted by Gasteiger charge is -2.41. The summed E-state index contributed by atoms with van der Waals surface area (Å²) in [5.41, 5.74) is 7.06. The maximum atomic E-state index is 10.9. The molecule has 2 rings (SSSR count). The number of halogens is 1. The molecule has 16 heavy (non-hydrogen) atoms. The van der Waals surface area contributed by atoms with Gasteiger partial charge in [-0.25, -0.2) is 0 Å². The van der Waals surface area contributed by atoms with Gasteiger partial charge in [0, 0.05) is 5.41 Å². The number of benzene rings is 1. The first kappa shape index (κ1) is 11.3. The van der Waals surface area contributed by atoms with Gasteiger partial charge < -0.3 is 10.8 Å². The Labute approximate surface area is 99.2 Å². The Morgan fingerprint density at radius 2 is 2.19 bits per heavy atom. The lowest BCUT2D eigenvalue weighted by Crippen LogP contribution is -2.36. The lowest BCUT2D eigenvalue weighted by atomic mass is 9.62. The van der Waals surface area contributed by atoms with E-state index in [1.54, 1.807) is 6.07 Å². The third kappa shape index (κ3) is 1.87. The van der Waals surface area contributed by atoms with Gasteiger partial charge in [0.15, 0.2) is 0 Å². The van der Waals surface area contributed by atoms with E-state index < -0.39 is 5.97 Å². The van der Waals surface area contributed by atoms with Gasteiger partial charge in [0.2, 0.25) is 0 Å². The summed E-state index contributed by atoms with van der Waals surface area (Å²) >= 11 is 5.86. The minimum Gasteiger partial charge on any atom is -0.481 e. The molecule has 3 N–H and O–H groups in total. The van der Waals surface area contributed by atoms with Gasteiger partial charge in [0.1, 0.15) is 0 Å². The number of carbonyl (C=O) groups is 1. The molecule has 1 saturated carbocycles. The normalized spacial score (nSPS) is 17.8. The molecule has 0 saturated heterocycles. The molecule has 4 heteroatoms. The molecule has 0 aliphatic heterocycles. The van der Waals surface area contributed by atoms with Crippen LogP contribution in [0.15, 0.2) is 18.2 Å². The number of anilines is 1. The summed E-state index contributed by atoms with van der Waals surface area (Å²) in [4.78, 5) is 10.9. The molecule has 0 heterocycles. The van der Waals surface area contributed by atoms with Gasteiger partial charge in [-0.2, -0.15) is 0 Å². The Morgan fingerprint density at radius 3 is 2.62 bits per heavy atom. The molecular weight excluding hydrogens is 226 g/mol. The molecule has 0 atom stereocenters. The molecule has 1 aromatic carbocycles. The number of hydrogen-bond donors (Lipinski definition) is 2. The Kier molecular flexibility index (Phi) is 2.80. The number of nitrogens with two attached hydrogens (primary N) is 1. The number of rotatable bonds is 3. The van der Waals surface area contributed by atoms with Crippen molar-refractivity contribution < 1.29 is 9.90 Å². The highest BCUT2D eigenvalue weighted by Crippen LogP contribution is 2.47. The number of nitrogen functional groups attached to an aromatic ring is 1. The molecular formula is C12H14ClNO2. The summed E-state index contributed by atoms with van der Waals surface area (Å²) in [5, 5.41) is 9.46. The minimum absolute atomic E-state index is 0.175. The summed E-state index contributed by atoms with van der Waals surface area (Å²) in [6, 6.07) is 5.44. The predicted molar refractivity (Wildman–Crippen MR) is 63.6 cm³/mol. The van der Waals surface area contributed by atoms with Crippen molar-refractivity contribution in [3.8, 4) is 0 Å². The summed E-state index contributed by atoms with van der Waals surface area (Å²) in [6.45, 7) is 0. The second-order valence-electron chi connectivity index (χ2n) is 4.44. The van der Waals surface area contributed by atoms with Crippen LogP contribution in [0.3, 0.4) is 0 Å². The number of aliphatic carboxylic acids is 1. The Hall–Kier alpha value is -1.22. The maximum absolute atomic E-state index is 10.9. The zero-order valence-corrected chi connectivity index (χ0v) is 9.63. The van der Waals surface area contributed by atoms with Crippen LogP contribution in [0.4, 0.5) is 5.69 Å². The predicted octanol–water partition coefficient (Wildman–Crippen LogP) is 2.82. The number of carboxylic acid groups (broad SMARTS) is 1. The molecule has 0 spiro atoms. The second-order valence-corrected chi connectivity index (χ2v) is 4.85. The van der Waals surface area contributed by atoms with Crippen LogP contribution in [-0.4, -0.2) is 11.1 Å².